The lowest BCUT2D eigenvalue weighted by Gasteiger charge is -2.03. The monoisotopic (exact) mass is 402 g/mol. The third-order valence-electron chi connectivity index (χ3n) is 4.35. The highest BCUT2D eigenvalue weighted by atomic mass is 16.5. The summed E-state index contributed by atoms with van der Waals surface area (Å²) >= 11 is 0. The van der Waals surface area contributed by atoms with Crippen LogP contribution in [0.4, 0.5) is 0 Å². The van der Waals surface area contributed by atoms with Crippen molar-refractivity contribution in [1.29, 1.82) is 0 Å². The molecule has 1 aromatic heterocycles. The number of rotatable bonds is 8. The van der Waals surface area contributed by atoms with E-state index in [2.05, 4.69) is 16.5 Å². The van der Waals surface area contributed by atoms with Crippen molar-refractivity contribution < 1.29 is 14.3 Å². The average molecular weight is 402 g/mol. The van der Waals surface area contributed by atoms with Crippen LogP contribution in [0.2, 0.25) is 0 Å². The van der Waals surface area contributed by atoms with Crippen LogP contribution in [-0.4, -0.2) is 28.4 Å². The van der Waals surface area contributed by atoms with Crippen LogP contribution in [-0.2, 0) is 9.53 Å². The van der Waals surface area contributed by atoms with Gasteiger partial charge in [0.1, 0.15) is 18.2 Å². The molecule has 30 heavy (non-hydrogen) atoms. The summed E-state index contributed by atoms with van der Waals surface area (Å²) < 4.78 is 5.72. The van der Waals surface area contributed by atoms with E-state index in [4.69, 9.17) is 16.2 Å². The van der Waals surface area contributed by atoms with Crippen LogP contribution >= 0.6 is 0 Å². The van der Waals surface area contributed by atoms with Gasteiger partial charge in [-0.2, -0.15) is 0 Å². The first-order valence-electron chi connectivity index (χ1n) is 9.28. The lowest BCUT2D eigenvalue weighted by atomic mass is 10.2. The molecule has 0 saturated carbocycles. The topological polar surface area (TPSA) is 124 Å². The van der Waals surface area contributed by atoms with E-state index in [1.54, 1.807) is 42.5 Å². The van der Waals surface area contributed by atoms with E-state index in [1.807, 2.05) is 24.3 Å². The normalized spacial score (nSPS) is 14.3. The fraction of sp³-hybridized carbons (Fsp3) is 0.0870. The molecule has 1 aliphatic carbocycles. The van der Waals surface area contributed by atoms with Gasteiger partial charge in [-0.1, -0.05) is 30.9 Å². The van der Waals surface area contributed by atoms with Gasteiger partial charge in [-0.3, -0.25) is 9.59 Å². The van der Waals surface area contributed by atoms with Gasteiger partial charge < -0.3 is 21.2 Å². The predicted molar refractivity (Wildman–Crippen MR) is 117 cm³/mol. The quantitative estimate of drug-likeness (QED) is 0.587. The zero-order chi connectivity index (χ0) is 21.5. The van der Waals surface area contributed by atoms with Gasteiger partial charge in [-0.15, -0.1) is 0 Å². The fourth-order valence-corrected chi connectivity index (χ4v) is 2.86. The number of allylic oxidation sites excluding steroid dienone is 7. The number of imidazole rings is 1. The van der Waals surface area contributed by atoms with Crippen LogP contribution in [0.3, 0.4) is 0 Å². The number of H-pyrrole nitrogens is 1. The van der Waals surface area contributed by atoms with Gasteiger partial charge in [0.15, 0.2) is 0 Å². The van der Waals surface area contributed by atoms with E-state index in [-0.39, 0.29) is 0 Å². The van der Waals surface area contributed by atoms with Crippen LogP contribution in [0.1, 0.15) is 22.6 Å². The van der Waals surface area contributed by atoms with E-state index in [9.17, 15) is 9.59 Å². The molecule has 0 radical (unpaired) electrons. The smallest absolute Gasteiger partial charge is 0.248 e. The summed E-state index contributed by atoms with van der Waals surface area (Å²) in [6.07, 6.45) is 14.7. The van der Waals surface area contributed by atoms with Crippen molar-refractivity contribution in [2.75, 3.05) is 6.61 Å². The third kappa shape index (κ3) is 5.02. The molecule has 7 heteroatoms. The zero-order valence-corrected chi connectivity index (χ0v) is 16.3. The standard InChI is InChI=1S/C23H22N4O3/c1-2-5-16(23-26-19-12-10-17(22(25)29)14-20(19)27-23)7-4-13-30-18-8-3-6-15(9-11-18)21(24)28/h2,4-12,14H,1,3,13H2,(H2,24,28)(H2,25,29)(H,26,27)/b7-4-,16-5+. The van der Waals surface area contributed by atoms with Crippen LogP contribution in [0.25, 0.3) is 16.6 Å². The van der Waals surface area contributed by atoms with Crippen molar-refractivity contribution in [2.45, 2.75) is 6.42 Å². The average Bonchev–Trinajstić information content (AvgIpc) is 2.99. The van der Waals surface area contributed by atoms with Crippen molar-refractivity contribution >= 4 is 28.4 Å². The molecular weight excluding hydrogens is 380 g/mol. The van der Waals surface area contributed by atoms with Crippen molar-refractivity contribution in [1.82, 2.24) is 9.97 Å². The van der Waals surface area contributed by atoms with Crippen LogP contribution in [0, 0.1) is 0 Å². The Morgan fingerprint density at radius 2 is 2.03 bits per heavy atom. The third-order valence-corrected chi connectivity index (χ3v) is 4.35. The number of ether oxygens (including phenoxy) is 1. The second-order valence-electron chi connectivity index (χ2n) is 6.45. The molecule has 2 aromatic rings. The van der Waals surface area contributed by atoms with Crippen molar-refractivity contribution in [3.8, 4) is 0 Å². The molecule has 1 heterocycles. The van der Waals surface area contributed by atoms with E-state index < -0.39 is 11.8 Å². The number of primary amides is 2. The maximum absolute atomic E-state index is 11.4. The van der Waals surface area contributed by atoms with Crippen molar-refractivity contribution in [3.05, 3.63) is 96.1 Å². The number of aromatic amines is 1. The lowest BCUT2D eigenvalue weighted by Crippen LogP contribution is -2.12. The summed E-state index contributed by atoms with van der Waals surface area (Å²) in [6.45, 7) is 4.07. The summed E-state index contributed by atoms with van der Waals surface area (Å²) in [7, 11) is 0. The Labute approximate surface area is 173 Å². The van der Waals surface area contributed by atoms with Gasteiger partial charge in [-0.25, -0.2) is 4.98 Å². The summed E-state index contributed by atoms with van der Waals surface area (Å²) in [6, 6.07) is 5.06. The van der Waals surface area contributed by atoms with Gasteiger partial charge in [0.25, 0.3) is 0 Å². The molecule has 0 atom stereocenters. The maximum Gasteiger partial charge on any atom is 0.248 e. The van der Waals surface area contributed by atoms with Crippen molar-refractivity contribution in [2.24, 2.45) is 11.5 Å². The number of carbonyl (C=O) groups excluding carboxylic acids is 2. The molecule has 0 bridgehead atoms. The molecule has 0 unspecified atom stereocenters. The van der Waals surface area contributed by atoms with E-state index >= 15 is 0 Å². The Bertz CT molecular complexity index is 1150. The molecule has 7 nitrogen and oxygen atoms in total. The Morgan fingerprint density at radius 1 is 1.20 bits per heavy atom. The zero-order valence-electron chi connectivity index (χ0n) is 16.3. The van der Waals surface area contributed by atoms with Crippen LogP contribution in [0.15, 0.2) is 84.7 Å². The van der Waals surface area contributed by atoms with Gasteiger partial charge in [0.05, 0.1) is 11.0 Å². The molecule has 0 fully saturated rings. The highest BCUT2D eigenvalue weighted by Crippen LogP contribution is 2.20. The molecule has 0 aliphatic heterocycles. The first-order valence-corrected chi connectivity index (χ1v) is 9.28. The predicted octanol–water partition coefficient (Wildman–Crippen LogP) is 3.06. The first kappa shape index (κ1) is 20.6. The second kappa shape index (κ2) is 9.38. The fourth-order valence-electron chi connectivity index (χ4n) is 2.86. The number of fused-ring (bicyclic) bond motifs is 1. The largest absolute Gasteiger partial charge is 0.490 e. The maximum atomic E-state index is 11.4. The van der Waals surface area contributed by atoms with Crippen LogP contribution < -0.4 is 11.5 Å². The number of benzene rings is 1. The SMILES string of the molecule is C=C/C=C(\C=C/COC1=CCC=C(C(N)=O)C=C1)c1nc2ccc(C(N)=O)cc2[nH]1. The van der Waals surface area contributed by atoms with Gasteiger partial charge in [-0.05, 0) is 48.9 Å². The summed E-state index contributed by atoms with van der Waals surface area (Å²) in [5, 5.41) is 0. The second-order valence-corrected chi connectivity index (χ2v) is 6.45. The number of nitrogens with zero attached hydrogens (tertiary/aromatic N) is 1. The molecule has 152 valence electrons. The minimum absolute atomic E-state index is 0.322. The van der Waals surface area contributed by atoms with Gasteiger partial charge >= 0.3 is 0 Å². The number of amides is 2. The van der Waals surface area contributed by atoms with Gasteiger partial charge in [0, 0.05) is 16.7 Å². The minimum atomic E-state index is -0.494. The Hall–Kier alpha value is -4.13. The molecule has 5 N–H and O–H groups in total. The van der Waals surface area contributed by atoms with Crippen molar-refractivity contribution in [3.63, 3.8) is 0 Å². The van der Waals surface area contributed by atoms with E-state index in [0.717, 1.165) is 11.1 Å². The number of nitrogens with one attached hydrogen (secondary N) is 1. The number of hydrogen-bond donors (Lipinski definition) is 3. The molecule has 0 spiro atoms. The number of carbonyl (C=O) groups is 2. The molecule has 1 aromatic carbocycles. The molecule has 2 amide bonds. The number of nitrogens with two attached hydrogens (primary N) is 2. The summed E-state index contributed by atoms with van der Waals surface area (Å²) in [4.78, 5) is 30.4. The highest BCUT2D eigenvalue weighted by molar-refractivity contribution is 5.96. The van der Waals surface area contributed by atoms with Gasteiger partial charge in [0.2, 0.25) is 11.8 Å². The first-order chi connectivity index (χ1) is 14.5. The highest BCUT2D eigenvalue weighted by Gasteiger charge is 2.08. The Balaban J connectivity index is 1.69. The van der Waals surface area contributed by atoms with Crippen LogP contribution in [0.5, 0.6) is 0 Å². The molecule has 3 rings (SSSR count). The molecular formula is C23H22N4O3. The Kier molecular flexibility index (Phi) is 6.44. The summed E-state index contributed by atoms with van der Waals surface area (Å²) in [5.41, 5.74) is 13.7. The van der Waals surface area contributed by atoms with E-state index in [1.165, 1.54) is 0 Å². The number of aromatic nitrogens is 2. The molecule has 0 saturated heterocycles. The Morgan fingerprint density at radius 3 is 2.77 bits per heavy atom. The minimum Gasteiger partial charge on any atom is -0.490 e. The summed E-state index contributed by atoms with van der Waals surface area (Å²) in [5.74, 6) is 0.330. The lowest BCUT2D eigenvalue weighted by molar-refractivity contribution is -0.114. The number of hydrogen-bond acceptors (Lipinski definition) is 4. The van der Waals surface area contributed by atoms with E-state index in [0.29, 0.717) is 41.3 Å². The molecule has 1 aliphatic rings.